The Hall–Kier alpha value is -1.89. The Morgan fingerprint density at radius 1 is 1.11 bits per heavy atom. The van der Waals surface area contributed by atoms with E-state index in [-0.39, 0.29) is 5.60 Å². The Labute approximate surface area is 167 Å². The van der Waals surface area contributed by atoms with Gasteiger partial charge in [-0.3, -0.25) is 4.90 Å². The molecule has 1 fully saturated rings. The van der Waals surface area contributed by atoms with E-state index in [0.29, 0.717) is 4.90 Å². The smallest absolute Gasteiger partial charge is 0.175 e. The first-order valence-corrected chi connectivity index (χ1v) is 11.6. The molecule has 1 spiro atoms. The second kappa shape index (κ2) is 7.50. The van der Waals surface area contributed by atoms with Gasteiger partial charge in [-0.05, 0) is 48.6 Å². The number of piperidine rings is 1. The molecule has 2 aliphatic heterocycles. The number of benzene rings is 2. The minimum Gasteiger partial charge on any atom is -0.496 e. The largest absolute Gasteiger partial charge is 0.496 e. The van der Waals surface area contributed by atoms with Crippen molar-refractivity contribution in [2.45, 2.75) is 36.3 Å². The van der Waals surface area contributed by atoms with Crippen molar-refractivity contribution in [2.75, 3.05) is 33.1 Å². The molecule has 0 N–H and O–H groups in total. The molecular weight excluding hydrogens is 374 g/mol. The number of hydrogen-bond acceptors (Lipinski definition) is 5. The molecule has 2 aliphatic rings. The number of rotatable bonds is 4. The van der Waals surface area contributed by atoms with Crippen molar-refractivity contribution in [3.05, 3.63) is 59.2 Å². The average molecular weight is 402 g/mol. The highest BCUT2D eigenvalue weighted by molar-refractivity contribution is 7.90. The van der Waals surface area contributed by atoms with Gasteiger partial charge in [0.15, 0.2) is 9.84 Å². The van der Waals surface area contributed by atoms with Crippen LogP contribution in [0.25, 0.3) is 0 Å². The third-order valence-electron chi connectivity index (χ3n) is 5.96. The van der Waals surface area contributed by atoms with Crippen molar-refractivity contribution in [3.8, 4) is 5.75 Å². The number of fused-ring (bicyclic) bond motifs is 2. The molecule has 0 bridgehead atoms. The fourth-order valence-electron chi connectivity index (χ4n) is 4.47. The summed E-state index contributed by atoms with van der Waals surface area (Å²) in [6.45, 7) is 3.45. The molecule has 0 atom stereocenters. The number of sulfone groups is 1. The fourth-order valence-corrected chi connectivity index (χ4v) is 5.10. The average Bonchev–Trinajstić information content (AvgIpc) is 2.69. The fraction of sp³-hybridized carbons (Fsp3) is 0.455. The molecule has 2 aromatic rings. The van der Waals surface area contributed by atoms with Gasteiger partial charge in [0.25, 0.3) is 0 Å². The SMILES string of the molecule is COc1cccc2c1C1(CCN(Cc3ccc(S(C)(=O)=O)cc3)CC1)OCC2. The predicted molar refractivity (Wildman–Crippen MR) is 108 cm³/mol. The summed E-state index contributed by atoms with van der Waals surface area (Å²) in [5.74, 6) is 0.932. The van der Waals surface area contributed by atoms with E-state index >= 15 is 0 Å². The lowest BCUT2D eigenvalue weighted by Crippen LogP contribution is -2.46. The highest BCUT2D eigenvalue weighted by atomic mass is 32.2. The first kappa shape index (κ1) is 19.4. The molecule has 0 aliphatic carbocycles. The van der Waals surface area contributed by atoms with Gasteiger partial charge < -0.3 is 9.47 Å². The van der Waals surface area contributed by atoms with E-state index in [0.717, 1.165) is 56.8 Å². The highest BCUT2D eigenvalue weighted by Crippen LogP contribution is 2.45. The highest BCUT2D eigenvalue weighted by Gasteiger charge is 2.42. The van der Waals surface area contributed by atoms with Gasteiger partial charge in [-0.25, -0.2) is 8.42 Å². The lowest BCUT2D eigenvalue weighted by Gasteiger charge is -2.45. The van der Waals surface area contributed by atoms with Gasteiger partial charge >= 0.3 is 0 Å². The maximum atomic E-state index is 11.6. The monoisotopic (exact) mass is 401 g/mol. The molecular formula is C22H27NO4S. The molecule has 5 nitrogen and oxygen atoms in total. The Morgan fingerprint density at radius 3 is 2.46 bits per heavy atom. The van der Waals surface area contributed by atoms with Crippen molar-refractivity contribution < 1.29 is 17.9 Å². The summed E-state index contributed by atoms with van der Waals surface area (Å²) in [7, 11) is -1.42. The van der Waals surface area contributed by atoms with Crippen molar-refractivity contribution in [3.63, 3.8) is 0 Å². The number of likely N-dealkylation sites (tertiary alicyclic amines) is 1. The molecule has 4 rings (SSSR count). The Morgan fingerprint density at radius 2 is 1.82 bits per heavy atom. The molecule has 6 heteroatoms. The molecule has 0 saturated carbocycles. The van der Waals surface area contributed by atoms with E-state index < -0.39 is 9.84 Å². The molecule has 0 amide bonds. The molecule has 150 valence electrons. The van der Waals surface area contributed by atoms with Crippen molar-refractivity contribution in [1.82, 2.24) is 4.90 Å². The van der Waals surface area contributed by atoms with Crippen LogP contribution in [0.5, 0.6) is 5.75 Å². The van der Waals surface area contributed by atoms with E-state index in [9.17, 15) is 8.42 Å². The van der Waals surface area contributed by atoms with Crippen LogP contribution >= 0.6 is 0 Å². The van der Waals surface area contributed by atoms with E-state index in [4.69, 9.17) is 9.47 Å². The maximum Gasteiger partial charge on any atom is 0.175 e. The Bertz CT molecular complexity index is 931. The normalized spacial score (nSPS) is 19.4. The minimum absolute atomic E-state index is 0.253. The van der Waals surface area contributed by atoms with Gasteiger partial charge in [0.1, 0.15) is 5.75 Å². The summed E-state index contributed by atoms with van der Waals surface area (Å²) >= 11 is 0. The zero-order chi connectivity index (χ0) is 19.8. The van der Waals surface area contributed by atoms with Gasteiger partial charge in [-0.2, -0.15) is 0 Å². The van der Waals surface area contributed by atoms with Gasteiger partial charge in [-0.1, -0.05) is 24.3 Å². The Balaban J connectivity index is 1.47. The van der Waals surface area contributed by atoms with Crippen molar-refractivity contribution in [2.24, 2.45) is 0 Å². The summed E-state index contributed by atoms with van der Waals surface area (Å²) in [5, 5.41) is 0. The summed E-state index contributed by atoms with van der Waals surface area (Å²) in [6.07, 6.45) is 4.04. The van der Waals surface area contributed by atoms with Crippen LogP contribution in [0.3, 0.4) is 0 Å². The molecule has 1 saturated heterocycles. The first-order valence-electron chi connectivity index (χ1n) is 9.73. The number of ether oxygens (including phenoxy) is 2. The maximum absolute atomic E-state index is 11.6. The van der Waals surface area contributed by atoms with Crippen molar-refractivity contribution in [1.29, 1.82) is 0 Å². The van der Waals surface area contributed by atoms with E-state index in [1.807, 2.05) is 18.2 Å². The van der Waals surface area contributed by atoms with Crippen LogP contribution in [-0.2, 0) is 33.1 Å². The van der Waals surface area contributed by atoms with Gasteiger partial charge in [0.2, 0.25) is 0 Å². The quantitative estimate of drug-likeness (QED) is 0.788. The number of nitrogens with zero attached hydrogens (tertiary/aromatic N) is 1. The lowest BCUT2D eigenvalue weighted by atomic mass is 9.78. The summed E-state index contributed by atoms with van der Waals surface area (Å²) in [6, 6.07) is 13.5. The van der Waals surface area contributed by atoms with Crippen LogP contribution in [0.1, 0.15) is 29.5 Å². The van der Waals surface area contributed by atoms with Crippen LogP contribution < -0.4 is 4.74 Å². The molecule has 2 aromatic carbocycles. The molecule has 0 aromatic heterocycles. The molecule has 0 unspecified atom stereocenters. The van der Waals surface area contributed by atoms with E-state index in [2.05, 4.69) is 17.0 Å². The van der Waals surface area contributed by atoms with Gasteiger partial charge in [-0.15, -0.1) is 0 Å². The molecule has 0 radical (unpaired) electrons. The number of methoxy groups -OCH3 is 1. The van der Waals surface area contributed by atoms with Crippen LogP contribution in [0.2, 0.25) is 0 Å². The summed E-state index contributed by atoms with van der Waals surface area (Å²) < 4.78 is 35.3. The van der Waals surface area contributed by atoms with E-state index in [1.54, 1.807) is 19.2 Å². The second-order valence-corrected chi connectivity index (χ2v) is 9.80. The standard InChI is InChI=1S/C22H27NO4S/c1-26-20-5-3-4-18-10-15-27-22(21(18)20)11-13-23(14-12-22)16-17-6-8-19(9-7-17)28(2,24)25/h3-9H,10-16H2,1-2H3. The zero-order valence-electron chi connectivity index (χ0n) is 16.5. The first-order chi connectivity index (χ1) is 13.4. The third-order valence-corrected chi connectivity index (χ3v) is 7.09. The molecule has 2 heterocycles. The third kappa shape index (κ3) is 3.69. The Kier molecular flexibility index (Phi) is 5.21. The van der Waals surface area contributed by atoms with Gasteiger partial charge in [0, 0.05) is 31.5 Å². The predicted octanol–water partition coefficient (Wildman–Crippen LogP) is 3.16. The summed E-state index contributed by atoms with van der Waals surface area (Å²) in [5.41, 5.74) is 3.46. The van der Waals surface area contributed by atoms with E-state index in [1.165, 1.54) is 17.4 Å². The van der Waals surface area contributed by atoms with Crippen LogP contribution in [-0.4, -0.2) is 46.4 Å². The number of hydrogen-bond donors (Lipinski definition) is 0. The van der Waals surface area contributed by atoms with Crippen LogP contribution in [0, 0.1) is 0 Å². The molecule has 28 heavy (non-hydrogen) atoms. The van der Waals surface area contributed by atoms with Crippen LogP contribution in [0.4, 0.5) is 0 Å². The second-order valence-electron chi connectivity index (χ2n) is 7.78. The van der Waals surface area contributed by atoms with Gasteiger partial charge in [0.05, 0.1) is 24.2 Å². The lowest BCUT2D eigenvalue weighted by molar-refractivity contribution is -0.100. The topological polar surface area (TPSA) is 55.8 Å². The zero-order valence-corrected chi connectivity index (χ0v) is 17.3. The summed E-state index contributed by atoms with van der Waals surface area (Å²) in [4.78, 5) is 2.78. The van der Waals surface area contributed by atoms with Crippen LogP contribution in [0.15, 0.2) is 47.4 Å². The minimum atomic E-state index is -3.15. The van der Waals surface area contributed by atoms with Crippen molar-refractivity contribution >= 4 is 9.84 Å².